The van der Waals surface area contributed by atoms with E-state index >= 15 is 0 Å². The summed E-state index contributed by atoms with van der Waals surface area (Å²) >= 11 is 1.48. The second-order valence-corrected chi connectivity index (χ2v) is 6.12. The molecule has 1 aromatic carbocycles. The fraction of sp³-hybridized carbons (Fsp3) is 0.111. The van der Waals surface area contributed by atoms with Crippen molar-refractivity contribution >= 4 is 34.9 Å². The van der Waals surface area contributed by atoms with Gasteiger partial charge in [0.1, 0.15) is 11.4 Å². The lowest BCUT2D eigenvalue weighted by atomic mass is 10.1. The maximum atomic E-state index is 13.2. The van der Waals surface area contributed by atoms with Gasteiger partial charge in [0.05, 0.1) is 12.8 Å². The molecule has 0 saturated heterocycles. The van der Waals surface area contributed by atoms with Crippen molar-refractivity contribution in [3.05, 3.63) is 69.4 Å². The molecule has 0 spiro atoms. The molecular formula is C18H14FNO3S. The van der Waals surface area contributed by atoms with Crippen LogP contribution in [-0.2, 0) is 14.3 Å². The van der Waals surface area contributed by atoms with E-state index in [1.807, 2.05) is 17.5 Å². The number of methoxy groups -OCH3 is 1. The summed E-state index contributed by atoms with van der Waals surface area (Å²) in [4.78, 5) is 27.3. The number of ether oxygens (including phenoxy) is 1. The summed E-state index contributed by atoms with van der Waals surface area (Å²) in [5.74, 6) is -1.46. The van der Waals surface area contributed by atoms with Crippen molar-refractivity contribution in [2.24, 2.45) is 0 Å². The standard InChI is InChI=1S/C18H14FNO3S/c1-11-16(18(22)23-2)17(21)15(10-14-4-3-9-24-14)20(11)13-7-5-12(19)6-8-13/h3-10H,1-2H3/b15-10+. The van der Waals surface area contributed by atoms with Crippen molar-refractivity contribution in [2.75, 3.05) is 12.0 Å². The van der Waals surface area contributed by atoms with Gasteiger partial charge in [0, 0.05) is 16.3 Å². The Morgan fingerprint density at radius 2 is 1.96 bits per heavy atom. The van der Waals surface area contributed by atoms with Crippen LogP contribution in [0.3, 0.4) is 0 Å². The molecule has 0 radical (unpaired) electrons. The first-order valence-corrected chi connectivity index (χ1v) is 8.05. The number of ketones is 1. The number of Topliss-reactive ketones (excluding diaryl/α,β-unsaturated/α-hetero) is 1. The number of carbonyl (C=O) groups excluding carboxylic acids is 2. The SMILES string of the molecule is COC(=O)C1=C(C)N(c2ccc(F)cc2)/C(=C/c2cccs2)C1=O. The number of thiophene rings is 1. The number of allylic oxidation sites excluding steroid dienone is 2. The summed E-state index contributed by atoms with van der Waals surface area (Å²) in [5.41, 5.74) is 1.39. The zero-order valence-corrected chi connectivity index (χ0v) is 13.9. The van der Waals surface area contributed by atoms with Crippen LogP contribution >= 0.6 is 11.3 Å². The zero-order chi connectivity index (χ0) is 17.3. The van der Waals surface area contributed by atoms with Gasteiger partial charge in [0.25, 0.3) is 0 Å². The Hall–Kier alpha value is -2.73. The van der Waals surface area contributed by atoms with Gasteiger partial charge in [0.15, 0.2) is 0 Å². The van der Waals surface area contributed by atoms with Gasteiger partial charge < -0.3 is 9.64 Å². The number of anilines is 1. The Kier molecular flexibility index (Phi) is 4.31. The molecule has 1 aromatic heterocycles. The predicted octanol–water partition coefficient (Wildman–Crippen LogP) is 3.76. The molecule has 3 rings (SSSR count). The fourth-order valence-electron chi connectivity index (χ4n) is 2.59. The van der Waals surface area contributed by atoms with E-state index in [0.717, 1.165) is 4.88 Å². The van der Waals surface area contributed by atoms with Crippen LogP contribution in [0.25, 0.3) is 6.08 Å². The van der Waals surface area contributed by atoms with Crippen LogP contribution in [0.15, 0.2) is 58.7 Å². The number of hydrogen-bond donors (Lipinski definition) is 0. The zero-order valence-electron chi connectivity index (χ0n) is 13.1. The molecule has 0 fully saturated rings. The topological polar surface area (TPSA) is 46.6 Å². The number of esters is 1. The van der Waals surface area contributed by atoms with Crippen LogP contribution in [0.5, 0.6) is 0 Å². The highest BCUT2D eigenvalue weighted by molar-refractivity contribution is 7.10. The third-order valence-corrected chi connectivity index (χ3v) is 4.51. The lowest BCUT2D eigenvalue weighted by Crippen LogP contribution is -2.18. The van der Waals surface area contributed by atoms with E-state index in [4.69, 9.17) is 4.74 Å². The first-order valence-electron chi connectivity index (χ1n) is 7.17. The van der Waals surface area contributed by atoms with Gasteiger partial charge in [-0.1, -0.05) is 6.07 Å². The summed E-state index contributed by atoms with van der Waals surface area (Å²) in [5, 5.41) is 1.90. The van der Waals surface area contributed by atoms with Gasteiger partial charge in [0.2, 0.25) is 5.78 Å². The van der Waals surface area contributed by atoms with Crippen molar-refractivity contribution < 1.29 is 18.7 Å². The van der Waals surface area contributed by atoms with Gasteiger partial charge in [-0.2, -0.15) is 0 Å². The average molecular weight is 343 g/mol. The van der Waals surface area contributed by atoms with E-state index in [9.17, 15) is 14.0 Å². The Morgan fingerprint density at radius 1 is 1.25 bits per heavy atom. The molecule has 0 amide bonds. The minimum atomic E-state index is -0.681. The van der Waals surface area contributed by atoms with Crippen molar-refractivity contribution in [1.82, 2.24) is 0 Å². The Morgan fingerprint density at radius 3 is 2.54 bits per heavy atom. The van der Waals surface area contributed by atoms with E-state index < -0.39 is 11.8 Å². The summed E-state index contributed by atoms with van der Waals surface area (Å²) < 4.78 is 18.0. The third-order valence-electron chi connectivity index (χ3n) is 3.69. The average Bonchev–Trinajstić information content (AvgIpc) is 3.16. The van der Waals surface area contributed by atoms with Crippen LogP contribution in [0.2, 0.25) is 0 Å². The lowest BCUT2D eigenvalue weighted by Gasteiger charge is -2.21. The largest absolute Gasteiger partial charge is 0.465 e. The summed E-state index contributed by atoms with van der Waals surface area (Å²) in [6.07, 6.45) is 1.72. The van der Waals surface area contributed by atoms with Gasteiger partial charge in [-0.05, 0) is 48.7 Å². The van der Waals surface area contributed by atoms with Crippen molar-refractivity contribution in [3.63, 3.8) is 0 Å². The van der Waals surface area contributed by atoms with Crippen LogP contribution in [0.1, 0.15) is 11.8 Å². The third kappa shape index (κ3) is 2.76. The second-order valence-electron chi connectivity index (χ2n) is 5.14. The maximum absolute atomic E-state index is 13.2. The van der Waals surface area contributed by atoms with Crippen molar-refractivity contribution in [3.8, 4) is 0 Å². The summed E-state index contributed by atoms with van der Waals surface area (Å²) in [6.45, 7) is 1.67. The number of hydrogen-bond acceptors (Lipinski definition) is 5. The highest BCUT2D eigenvalue weighted by Crippen LogP contribution is 2.36. The molecule has 6 heteroatoms. The Labute approximate surface area is 142 Å². The van der Waals surface area contributed by atoms with Gasteiger partial charge in [-0.25, -0.2) is 9.18 Å². The second kappa shape index (κ2) is 6.41. The quantitative estimate of drug-likeness (QED) is 0.484. The molecule has 2 aromatic rings. The molecule has 24 heavy (non-hydrogen) atoms. The number of benzene rings is 1. The molecule has 0 N–H and O–H groups in total. The molecular weight excluding hydrogens is 329 g/mol. The molecule has 0 unspecified atom stereocenters. The Balaban J connectivity index is 2.15. The van der Waals surface area contributed by atoms with E-state index in [1.54, 1.807) is 30.0 Å². The summed E-state index contributed by atoms with van der Waals surface area (Å²) in [6, 6.07) is 9.50. The smallest absolute Gasteiger partial charge is 0.343 e. The molecule has 0 aliphatic carbocycles. The van der Waals surface area contributed by atoms with Gasteiger partial charge in [-0.3, -0.25) is 4.79 Å². The van der Waals surface area contributed by atoms with Gasteiger partial charge in [-0.15, -0.1) is 11.3 Å². The molecule has 0 bridgehead atoms. The number of nitrogens with zero attached hydrogens (tertiary/aromatic N) is 1. The van der Waals surface area contributed by atoms with Crippen molar-refractivity contribution in [2.45, 2.75) is 6.92 Å². The molecule has 122 valence electrons. The minimum Gasteiger partial charge on any atom is -0.465 e. The number of rotatable bonds is 3. The van der Waals surface area contributed by atoms with E-state index in [1.165, 1.54) is 30.6 Å². The minimum absolute atomic E-state index is 0.00960. The highest BCUT2D eigenvalue weighted by atomic mass is 32.1. The number of halogens is 1. The highest BCUT2D eigenvalue weighted by Gasteiger charge is 2.38. The lowest BCUT2D eigenvalue weighted by molar-refractivity contribution is -0.137. The van der Waals surface area contributed by atoms with Crippen molar-refractivity contribution in [1.29, 1.82) is 0 Å². The van der Waals surface area contributed by atoms with E-state index in [2.05, 4.69) is 0 Å². The normalized spacial score (nSPS) is 16.2. The maximum Gasteiger partial charge on any atom is 0.343 e. The van der Waals surface area contributed by atoms with Crippen LogP contribution in [0.4, 0.5) is 10.1 Å². The van der Waals surface area contributed by atoms with Crippen LogP contribution < -0.4 is 4.90 Å². The predicted molar refractivity (Wildman–Crippen MR) is 90.9 cm³/mol. The van der Waals surface area contributed by atoms with Crippen LogP contribution in [-0.4, -0.2) is 18.9 Å². The molecule has 1 aliphatic heterocycles. The van der Waals surface area contributed by atoms with Crippen LogP contribution in [0, 0.1) is 5.82 Å². The molecule has 4 nitrogen and oxygen atoms in total. The summed E-state index contributed by atoms with van der Waals surface area (Å²) in [7, 11) is 1.24. The molecule has 0 saturated carbocycles. The molecule has 1 aliphatic rings. The first-order chi connectivity index (χ1) is 11.5. The van der Waals surface area contributed by atoms with E-state index in [0.29, 0.717) is 17.1 Å². The Bertz CT molecular complexity index is 851. The molecule has 0 atom stereocenters. The first kappa shape index (κ1) is 16.1. The van der Waals surface area contributed by atoms with E-state index in [-0.39, 0.29) is 11.4 Å². The number of carbonyl (C=O) groups is 2. The van der Waals surface area contributed by atoms with Gasteiger partial charge >= 0.3 is 5.97 Å². The molecule has 2 heterocycles. The fourth-order valence-corrected chi connectivity index (χ4v) is 3.24. The monoisotopic (exact) mass is 343 g/mol.